The SMILES string of the molecule is CCOC(=O)Cc1c(I)cc(OC(F)(F)F)cc1C#N. The van der Waals surface area contributed by atoms with Crippen LogP contribution in [0.4, 0.5) is 13.2 Å². The molecule has 0 aliphatic carbocycles. The van der Waals surface area contributed by atoms with Gasteiger partial charge in [0, 0.05) is 3.57 Å². The Morgan fingerprint density at radius 1 is 1.45 bits per heavy atom. The maximum atomic E-state index is 12.1. The lowest BCUT2D eigenvalue weighted by molar-refractivity contribution is -0.274. The molecule has 0 radical (unpaired) electrons. The van der Waals surface area contributed by atoms with Gasteiger partial charge in [0.2, 0.25) is 0 Å². The number of nitrogens with zero attached hydrogens (tertiary/aromatic N) is 1. The van der Waals surface area contributed by atoms with E-state index in [1.165, 1.54) is 0 Å². The Balaban J connectivity index is 3.09. The lowest BCUT2D eigenvalue weighted by atomic mass is 10.1. The van der Waals surface area contributed by atoms with E-state index >= 15 is 0 Å². The van der Waals surface area contributed by atoms with Crippen LogP contribution in [0.15, 0.2) is 12.1 Å². The summed E-state index contributed by atoms with van der Waals surface area (Å²) >= 11 is 1.74. The highest BCUT2D eigenvalue weighted by atomic mass is 127. The van der Waals surface area contributed by atoms with E-state index in [0.29, 0.717) is 9.13 Å². The number of nitriles is 1. The highest BCUT2D eigenvalue weighted by Crippen LogP contribution is 2.28. The van der Waals surface area contributed by atoms with Crippen LogP contribution >= 0.6 is 22.6 Å². The van der Waals surface area contributed by atoms with E-state index in [9.17, 15) is 18.0 Å². The minimum absolute atomic E-state index is 0.0517. The van der Waals surface area contributed by atoms with E-state index in [1.54, 1.807) is 35.6 Å². The molecule has 4 nitrogen and oxygen atoms in total. The molecule has 1 aromatic rings. The minimum atomic E-state index is -4.83. The summed E-state index contributed by atoms with van der Waals surface area (Å²) in [5.74, 6) is -1.04. The van der Waals surface area contributed by atoms with Gasteiger partial charge in [-0.3, -0.25) is 4.79 Å². The van der Waals surface area contributed by atoms with Crippen molar-refractivity contribution in [1.82, 2.24) is 0 Å². The second-order valence-electron chi connectivity index (χ2n) is 3.57. The summed E-state index contributed by atoms with van der Waals surface area (Å²) in [6.45, 7) is 1.82. The molecule has 20 heavy (non-hydrogen) atoms. The number of halogens is 4. The molecular formula is C12H9F3INO3. The first kappa shape index (κ1) is 16.6. The van der Waals surface area contributed by atoms with Gasteiger partial charge in [-0.1, -0.05) is 0 Å². The molecule has 0 saturated heterocycles. The fraction of sp³-hybridized carbons (Fsp3) is 0.333. The maximum absolute atomic E-state index is 12.1. The number of carbonyl (C=O) groups is 1. The molecule has 0 aliphatic heterocycles. The van der Waals surface area contributed by atoms with Gasteiger partial charge in [-0.15, -0.1) is 13.2 Å². The van der Waals surface area contributed by atoms with Gasteiger partial charge in [0.1, 0.15) is 5.75 Å². The van der Waals surface area contributed by atoms with Crippen molar-refractivity contribution in [2.24, 2.45) is 0 Å². The zero-order valence-electron chi connectivity index (χ0n) is 10.3. The first-order chi connectivity index (χ1) is 9.26. The summed E-state index contributed by atoms with van der Waals surface area (Å²) in [7, 11) is 0. The predicted molar refractivity (Wildman–Crippen MR) is 70.9 cm³/mol. The van der Waals surface area contributed by atoms with Crippen molar-refractivity contribution < 1.29 is 27.4 Å². The number of alkyl halides is 3. The Hall–Kier alpha value is -1.50. The normalized spacial score (nSPS) is 10.8. The van der Waals surface area contributed by atoms with Gasteiger partial charge in [0.05, 0.1) is 24.7 Å². The summed E-state index contributed by atoms with van der Waals surface area (Å²) < 4.78 is 45.3. The number of carbonyl (C=O) groups excluding carboxylic acids is 1. The van der Waals surface area contributed by atoms with Crippen LogP contribution in [0.25, 0.3) is 0 Å². The van der Waals surface area contributed by atoms with Gasteiger partial charge in [-0.2, -0.15) is 5.26 Å². The summed E-state index contributed by atoms with van der Waals surface area (Å²) in [5.41, 5.74) is 0.269. The van der Waals surface area contributed by atoms with Crippen molar-refractivity contribution in [2.75, 3.05) is 6.61 Å². The average molecular weight is 399 g/mol. The molecule has 0 aromatic heterocycles. The lowest BCUT2D eigenvalue weighted by Gasteiger charge is -2.12. The number of rotatable bonds is 4. The first-order valence-electron chi connectivity index (χ1n) is 5.40. The Bertz CT molecular complexity index is 552. The van der Waals surface area contributed by atoms with Crippen molar-refractivity contribution in [3.63, 3.8) is 0 Å². The van der Waals surface area contributed by atoms with Gasteiger partial charge in [-0.05, 0) is 47.2 Å². The minimum Gasteiger partial charge on any atom is -0.466 e. The number of ether oxygens (including phenoxy) is 2. The molecule has 0 aliphatic rings. The summed E-state index contributed by atoms with van der Waals surface area (Å²) in [6, 6.07) is 3.81. The molecule has 0 unspecified atom stereocenters. The zero-order chi connectivity index (χ0) is 15.3. The standard InChI is InChI=1S/C12H9F3INO3/c1-2-19-11(18)5-9-7(6-17)3-8(4-10(9)16)20-12(13,14)15/h3-4H,2,5H2,1H3. The number of benzene rings is 1. The molecule has 0 amide bonds. The largest absolute Gasteiger partial charge is 0.573 e. The summed E-state index contributed by atoms with van der Waals surface area (Å²) in [4.78, 5) is 11.4. The molecular weight excluding hydrogens is 390 g/mol. The Labute approximate surface area is 126 Å². The molecule has 1 aromatic carbocycles. The first-order valence-corrected chi connectivity index (χ1v) is 6.48. The summed E-state index contributed by atoms with van der Waals surface area (Å²) in [5, 5.41) is 8.97. The molecule has 1 rings (SSSR count). The third-order valence-electron chi connectivity index (χ3n) is 2.15. The van der Waals surface area contributed by atoms with E-state index in [-0.39, 0.29) is 18.6 Å². The summed E-state index contributed by atoms with van der Waals surface area (Å²) in [6.07, 6.45) is -5.01. The quantitative estimate of drug-likeness (QED) is 0.577. The van der Waals surface area contributed by atoms with Crippen LogP contribution in [0.2, 0.25) is 0 Å². The van der Waals surface area contributed by atoms with Crippen LogP contribution < -0.4 is 4.74 Å². The van der Waals surface area contributed by atoms with E-state index in [2.05, 4.69) is 4.74 Å². The fourth-order valence-electron chi connectivity index (χ4n) is 1.44. The molecule has 0 saturated carbocycles. The second-order valence-corrected chi connectivity index (χ2v) is 4.73. The molecule has 0 heterocycles. The van der Waals surface area contributed by atoms with Crippen LogP contribution in [0.1, 0.15) is 18.1 Å². The van der Waals surface area contributed by atoms with E-state index in [4.69, 9.17) is 10.00 Å². The van der Waals surface area contributed by atoms with Crippen molar-refractivity contribution in [3.8, 4) is 11.8 Å². The predicted octanol–water partition coefficient (Wildman–Crippen LogP) is 3.17. The Kier molecular flexibility index (Phi) is 5.62. The van der Waals surface area contributed by atoms with Crippen molar-refractivity contribution in [1.29, 1.82) is 5.26 Å². The average Bonchev–Trinajstić information content (AvgIpc) is 2.30. The van der Waals surface area contributed by atoms with Crippen LogP contribution in [0, 0.1) is 14.9 Å². The van der Waals surface area contributed by atoms with Crippen molar-refractivity contribution >= 4 is 28.6 Å². The molecule has 0 N–H and O–H groups in total. The van der Waals surface area contributed by atoms with Crippen LogP contribution in [-0.4, -0.2) is 18.9 Å². The van der Waals surface area contributed by atoms with Crippen LogP contribution in [0.5, 0.6) is 5.75 Å². The van der Waals surface area contributed by atoms with Gasteiger partial charge in [0.25, 0.3) is 0 Å². The molecule has 8 heteroatoms. The Morgan fingerprint density at radius 2 is 2.10 bits per heavy atom. The second kappa shape index (κ2) is 6.78. The highest BCUT2D eigenvalue weighted by molar-refractivity contribution is 14.1. The molecule has 108 valence electrons. The molecule has 0 bridgehead atoms. The lowest BCUT2D eigenvalue weighted by Crippen LogP contribution is -2.18. The van der Waals surface area contributed by atoms with E-state index in [1.807, 2.05) is 0 Å². The zero-order valence-corrected chi connectivity index (χ0v) is 12.4. The van der Waals surface area contributed by atoms with Crippen LogP contribution in [-0.2, 0) is 16.0 Å². The van der Waals surface area contributed by atoms with Gasteiger partial charge in [0.15, 0.2) is 0 Å². The smallest absolute Gasteiger partial charge is 0.466 e. The number of hydrogen-bond donors (Lipinski definition) is 0. The van der Waals surface area contributed by atoms with Crippen molar-refractivity contribution in [3.05, 3.63) is 26.8 Å². The van der Waals surface area contributed by atoms with Gasteiger partial charge in [-0.25, -0.2) is 0 Å². The van der Waals surface area contributed by atoms with Gasteiger partial charge >= 0.3 is 12.3 Å². The number of hydrogen-bond acceptors (Lipinski definition) is 4. The highest BCUT2D eigenvalue weighted by Gasteiger charge is 2.31. The molecule has 0 fully saturated rings. The third kappa shape index (κ3) is 4.88. The fourth-order valence-corrected chi connectivity index (χ4v) is 2.23. The topological polar surface area (TPSA) is 59.3 Å². The van der Waals surface area contributed by atoms with Gasteiger partial charge < -0.3 is 9.47 Å². The monoisotopic (exact) mass is 399 g/mol. The van der Waals surface area contributed by atoms with Crippen LogP contribution in [0.3, 0.4) is 0 Å². The molecule has 0 spiro atoms. The van der Waals surface area contributed by atoms with Crippen molar-refractivity contribution in [2.45, 2.75) is 19.7 Å². The number of esters is 1. The molecule has 0 atom stereocenters. The van der Waals surface area contributed by atoms with E-state index < -0.39 is 18.1 Å². The van der Waals surface area contributed by atoms with E-state index in [0.717, 1.165) is 12.1 Å². The Morgan fingerprint density at radius 3 is 2.60 bits per heavy atom. The third-order valence-corrected chi connectivity index (χ3v) is 3.11. The maximum Gasteiger partial charge on any atom is 0.573 e.